The average Bonchev–Trinajstić information content (AvgIpc) is 2.44. The Balaban J connectivity index is 2.32. The highest BCUT2D eigenvalue weighted by Gasteiger charge is 2.06. The number of rotatable bonds is 8. The van der Waals surface area contributed by atoms with Crippen molar-refractivity contribution in [1.29, 1.82) is 5.26 Å². The van der Waals surface area contributed by atoms with Crippen LogP contribution in [0, 0.1) is 17.1 Å². The molecule has 0 fully saturated rings. The van der Waals surface area contributed by atoms with Gasteiger partial charge in [0.05, 0.1) is 5.56 Å². The Hall–Kier alpha value is -1.44. The van der Waals surface area contributed by atoms with Gasteiger partial charge in [0, 0.05) is 12.1 Å². The van der Waals surface area contributed by atoms with Crippen LogP contribution in [-0.2, 0) is 6.54 Å². The molecule has 0 amide bonds. The Morgan fingerprint density at radius 1 is 1.32 bits per heavy atom. The van der Waals surface area contributed by atoms with E-state index in [-0.39, 0.29) is 5.56 Å². The molecule has 0 aliphatic rings. The Morgan fingerprint density at radius 2 is 2.05 bits per heavy atom. The van der Waals surface area contributed by atoms with Crippen LogP contribution in [0.25, 0.3) is 0 Å². The van der Waals surface area contributed by atoms with E-state index in [1.807, 2.05) is 6.07 Å². The lowest BCUT2D eigenvalue weighted by Crippen LogP contribution is -2.27. The smallest absolute Gasteiger partial charge is 0.145 e. The summed E-state index contributed by atoms with van der Waals surface area (Å²) in [7, 11) is 0. The van der Waals surface area contributed by atoms with Crippen molar-refractivity contribution in [2.75, 3.05) is 26.2 Å². The largest absolute Gasteiger partial charge is 0.313 e. The molecule has 19 heavy (non-hydrogen) atoms. The Labute approximate surface area is 115 Å². The highest BCUT2D eigenvalue weighted by molar-refractivity contribution is 5.34. The standard InChI is InChI=1S/C15H22FN3/c1-3-19(4-2)10-6-9-18-12-14-8-5-7-13(11-17)15(14)16/h5,7-8,18H,3-4,6,9-10,12H2,1-2H3. The van der Waals surface area contributed by atoms with Crippen molar-refractivity contribution >= 4 is 0 Å². The zero-order valence-corrected chi connectivity index (χ0v) is 11.7. The molecule has 0 radical (unpaired) electrons. The minimum absolute atomic E-state index is 0.113. The van der Waals surface area contributed by atoms with E-state index in [4.69, 9.17) is 5.26 Å². The molecule has 0 aliphatic carbocycles. The fourth-order valence-electron chi connectivity index (χ4n) is 1.99. The molecule has 0 saturated heterocycles. The zero-order chi connectivity index (χ0) is 14.1. The molecule has 1 aromatic carbocycles. The summed E-state index contributed by atoms with van der Waals surface area (Å²) in [6, 6.07) is 6.79. The van der Waals surface area contributed by atoms with E-state index in [0.717, 1.165) is 32.6 Å². The first-order valence-corrected chi connectivity index (χ1v) is 6.83. The van der Waals surface area contributed by atoms with E-state index in [1.165, 1.54) is 6.07 Å². The predicted molar refractivity (Wildman–Crippen MR) is 75.2 cm³/mol. The van der Waals surface area contributed by atoms with Crippen LogP contribution in [0.3, 0.4) is 0 Å². The molecule has 0 unspecified atom stereocenters. The molecule has 3 nitrogen and oxygen atoms in total. The van der Waals surface area contributed by atoms with Crippen molar-refractivity contribution in [2.24, 2.45) is 0 Å². The van der Waals surface area contributed by atoms with E-state index in [0.29, 0.717) is 12.1 Å². The summed E-state index contributed by atoms with van der Waals surface area (Å²) >= 11 is 0. The van der Waals surface area contributed by atoms with Crippen molar-refractivity contribution in [3.63, 3.8) is 0 Å². The number of nitriles is 1. The normalized spacial score (nSPS) is 10.7. The zero-order valence-electron chi connectivity index (χ0n) is 11.7. The molecule has 0 heterocycles. The third kappa shape index (κ3) is 4.98. The lowest BCUT2D eigenvalue weighted by atomic mass is 10.1. The van der Waals surface area contributed by atoms with E-state index < -0.39 is 5.82 Å². The van der Waals surface area contributed by atoms with Crippen molar-refractivity contribution in [2.45, 2.75) is 26.8 Å². The van der Waals surface area contributed by atoms with Gasteiger partial charge in [0.2, 0.25) is 0 Å². The molecule has 1 N–H and O–H groups in total. The predicted octanol–water partition coefficient (Wildman–Crippen LogP) is 2.52. The first-order valence-electron chi connectivity index (χ1n) is 6.83. The lowest BCUT2D eigenvalue weighted by molar-refractivity contribution is 0.298. The van der Waals surface area contributed by atoms with Gasteiger partial charge in [0.25, 0.3) is 0 Å². The van der Waals surface area contributed by atoms with Crippen molar-refractivity contribution in [3.8, 4) is 6.07 Å². The summed E-state index contributed by atoms with van der Waals surface area (Å²) in [6.07, 6.45) is 1.04. The van der Waals surface area contributed by atoms with Crippen LogP contribution in [0.2, 0.25) is 0 Å². The van der Waals surface area contributed by atoms with Gasteiger partial charge in [-0.05, 0) is 38.7 Å². The third-order valence-corrected chi connectivity index (χ3v) is 3.24. The second kappa shape index (κ2) is 8.63. The summed E-state index contributed by atoms with van der Waals surface area (Å²) < 4.78 is 13.7. The molecular weight excluding hydrogens is 241 g/mol. The Morgan fingerprint density at radius 3 is 2.68 bits per heavy atom. The van der Waals surface area contributed by atoms with Gasteiger partial charge in [0.1, 0.15) is 11.9 Å². The summed E-state index contributed by atoms with van der Waals surface area (Å²) in [6.45, 7) is 8.82. The summed E-state index contributed by atoms with van der Waals surface area (Å²) in [4.78, 5) is 2.36. The van der Waals surface area contributed by atoms with Gasteiger partial charge in [-0.1, -0.05) is 26.0 Å². The van der Waals surface area contributed by atoms with Gasteiger partial charge in [0.15, 0.2) is 0 Å². The number of halogens is 1. The number of benzene rings is 1. The number of nitrogens with zero attached hydrogens (tertiary/aromatic N) is 2. The highest BCUT2D eigenvalue weighted by Crippen LogP contribution is 2.11. The van der Waals surface area contributed by atoms with Crippen LogP contribution < -0.4 is 5.32 Å². The lowest BCUT2D eigenvalue weighted by Gasteiger charge is -2.17. The number of nitrogens with one attached hydrogen (secondary N) is 1. The maximum atomic E-state index is 13.7. The monoisotopic (exact) mass is 263 g/mol. The van der Waals surface area contributed by atoms with E-state index in [9.17, 15) is 4.39 Å². The van der Waals surface area contributed by atoms with Crippen LogP contribution in [0.5, 0.6) is 0 Å². The first kappa shape index (κ1) is 15.6. The van der Waals surface area contributed by atoms with Crippen molar-refractivity contribution in [1.82, 2.24) is 10.2 Å². The highest BCUT2D eigenvalue weighted by atomic mass is 19.1. The fraction of sp³-hybridized carbons (Fsp3) is 0.533. The van der Waals surface area contributed by atoms with Gasteiger partial charge in [-0.3, -0.25) is 0 Å². The molecular formula is C15H22FN3. The SMILES string of the molecule is CCN(CC)CCCNCc1cccc(C#N)c1F. The van der Waals surface area contributed by atoms with E-state index in [1.54, 1.807) is 12.1 Å². The Bertz CT molecular complexity index is 422. The van der Waals surface area contributed by atoms with Crippen LogP contribution in [0.15, 0.2) is 18.2 Å². The molecule has 0 aromatic heterocycles. The van der Waals surface area contributed by atoms with Crippen molar-refractivity contribution < 1.29 is 4.39 Å². The molecule has 1 aromatic rings. The van der Waals surface area contributed by atoms with Crippen LogP contribution in [0.4, 0.5) is 4.39 Å². The summed E-state index contributed by atoms with van der Waals surface area (Å²) in [5.74, 6) is -0.402. The van der Waals surface area contributed by atoms with Gasteiger partial charge in [-0.2, -0.15) is 5.26 Å². The van der Waals surface area contributed by atoms with Crippen molar-refractivity contribution in [3.05, 3.63) is 35.1 Å². The summed E-state index contributed by atoms with van der Waals surface area (Å²) in [5, 5.41) is 12.0. The molecule has 0 saturated carbocycles. The molecule has 104 valence electrons. The molecule has 4 heteroatoms. The molecule has 0 spiro atoms. The third-order valence-electron chi connectivity index (χ3n) is 3.24. The number of hydrogen-bond acceptors (Lipinski definition) is 3. The maximum Gasteiger partial charge on any atom is 0.145 e. The topological polar surface area (TPSA) is 39.1 Å². The molecule has 0 atom stereocenters. The average molecular weight is 263 g/mol. The molecule has 0 aliphatic heterocycles. The fourth-order valence-corrected chi connectivity index (χ4v) is 1.99. The summed E-state index contributed by atoms with van der Waals surface area (Å²) in [5.41, 5.74) is 0.671. The van der Waals surface area contributed by atoms with Gasteiger partial charge < -0.3 is 10.2 Å². The van der Waals surface area contributed by atoms with E-state index >= 15 is 0 Å². The van der Waals surface area contributed by atoms with Crippen LogP contribution in [0.1, 0.15) is 31.4 Å². The van der Waals surface area contributed by atoms with E-state index in [2.05, 4.69) is 24.1 Å². The quantitative estimate of drug-likeness (QED) is 0.733. The Kier molecular flexibility index (Phi) is 7.09. The second-order valence-corrected chi connectivity index (χ2v) is 4.45. The van der Waals surface area contributed by atoms with Gasteiger partial charge in [-0.15, -0.1) is 0 Å². The minimum Gasteiger partial charge on any atom is -0.313 e. The second-order valence-electron chi connectivity index (χ2n) is 4.45. The first-order chi connectivity index (χ1) is 9.22. The van der Waals surface area contributed by atoms with Crippen LogP contribution >= 0.6 is 0 Å². The molecule has 1 rings (SSSR count). The van der Waals surface area contributed by atoms with Crippen LogP contribution in [-0.4, -0.2) is 31.1 Å². The van der Waals surface area contributed by atoms with Gasteiger partial charge >= 0.3 is 0 Å². The molecule has 0 bridgehead atoms. The number of hydrogen-bond donors (Lipinski definition) is 1. The minimum atomic E-state index is -0.402. The van der Waals surface area contributed by atoms with Gasteiger partial charge in [-0.25, -0.2) is 4.39 Å². The maximum absolute atomic E-state index is 13.7.